The van der Waals surface area contributed by atoms with Gasteiger partial charge in [0, 0.05) is 43.2 Å². The van der Waals surface area contributed by atoms with Gasteiger partial charge in [-0.15, -0.1) is 0 Å². The van der Waals surface area contributed by atoms with Gasteiger partial charge in [-0.3, -0.25) is 14.6 Å². The molecule has 7 N–H and O–H groups in total. The van der Waals surface area contributed by atoms with Gasteiger partial charge in [-0.05, 0) is 38.7 Å². The van der Waals surface area contributed by atoms with Crippen LogP contribution in [-0.4, -0.2) is 72.2 Å². The molecule has 0 bridgehead atoms. The van der Waals surface area contributed by atoms with Gasteiger partial charge < -0.3 is 40.2 Å². The first-order chi connectivity index (χ1) is 19.5. The number of carbonyl (C=O) groups excluding carboxylic acids is 1. The van der Waals surface area contributed by atoms with Crippen LogP contribution in [0.15, 0.2) is 22.8 Å². The number of phenols is 1. The molecule has 1 aromatic carbocycles. The van der Waals surface area contributed by atoms with E-state index in [1.165, 1.54) is 13.4 Å². The number of esters is 1. The van der Waals surface area contributed by atoms with Gasteiger partial charge in [0.2, 0.25) is 5.95 Å². The SMILES string of the molecule is COc1c(C)c2c(c(O)c1C/C=C(\C)CCC(=O)O)C(=O)OC2.Nc1nc2c(ncn2CCC(CO)CO)c(=O)[nH]1. The molecule has 1 aliphatic heterocycles. The second-order valence-electron chi connectivity index (χ2n) is 9.64. The topological polar surface area (TPSA) is 223 Å². The minimum atomic E-state index is -0.853. The van der Waals surface area contributed by atoms with E-state index in [1.807, 2.05) is 19.9 Å². The summed E-state index contributed by atoms with van der Waals surface area (Å²) in [6.07, 6.45) is 4.74. The number of cyclic esters (lactones) is 1. The number of imidazole rings is 1. The molecule has 0 fully saturated rings. The van der Waals surface area contributed by atoms with E-state index in [-0.39, 0.29) is 60.5 Å². The molecule has 41 heavy (non-hydrogen) atoms. The van der Waals surface area contributed by atoms with Crippen LogP contribution in [0.1, 0.15) is 53.2 Å². The Labute approximate surface area is 235 Å². The standard InChI is InChI=1S/C17H20O6.C10H15N5O3/c1-9(5-7-13(18)19)4-6-11-15(20)14-12(8-23-17(14)21)10(2)16(11)22-3;11-10-13-8-7(9(18)14-10)12-5-15(8)2-1-6(3-16)4-17/h4,20H,5-8H2,1-3H3,(H,18,19);5-6,16-17H,1-4H2,(H3,11,13,14,18)/b9-4+;. The van der Waals surface area contributed by atoms with Crippen molar-refractivity contribution in [2.75, 3.05) is 26.1 Å². The summed E-state index contributed by atoms with van der Waals surface area (Å²) in [5.74, 6) is -1.13. The largest absolute Gasteiger partial charge is 0.507 e. The minimum Gasteiger partial charge on any atom is -0.507 e. The van der Waals surface area contributed by atoms with Crippen molar-refractivity contribution in [1.82, 2.24) is 19.5 Å². The molecule has 0 aliphatic carbocycles. The number of nitrogen functional groups attached to an aromatic ring is 1. The maximum absolute atomic E-state index is 11.8. The first-order valence-electron chi connectivity index (χ1n) is 12.9. The van der Waals surface area contributed by atoms with E-state index in [4.69, 9.17) is 30.5 Å². The summed E-state index contributed by atoms with van der Waals surface area (Å²) in [7, 11) is 1.51. The van der Waals surface area contributed by atoms with E-state index in [9.17, 15) is 19.5 Å². The number of phenolic OH excluding ortho intramolecular Hbond substituents is 1. The van der Waals surface area contributed by atoms with Crippen LogP contribution < -0.4 is 16.0 Å². The zero-order valence-corrected chi connectivity index (χ0v) is 23.1. The monoisotopic (exact) mass is 573 g/mol. The van der Waals surface area contributed by atoms with Gasteiger partial charge in [-0.25, -0.2) is 9.78 Å². The Morgan fingerprint density at radius 3 is 2.63 bits per heavy atom. The van der Waals surface area contributed by atoms with Crippen molar-refractivity contribution in [3.8, 4) is 11.5 Å². The number of allylic oxidation sites excluding steroid dienone is 2. The molecule has 2 aromatic heterocycles. The van der Waals surface area contributed by atoms with E-state index < -0.39 is 11.9 Å². The smallest absolute Gasteiger partial charge is 0.342 e. The van der Waals surface area contributed by atoms with Crippen molar-refractivity contribution in [2.45, 2.75) is 52.7 Å². The highest BCUT2D eigenvalue weighted by atomic mass is 16.5. The van der Waals surface area contributed by atoms with Gasteiger partial charge in [-0.2, -0.15) is 4.98 Å². The average Bonchev–Trinajstić information content (AvgIpc) is 3.53. The summed E-state index contributed by atoms with van der Waals surface area (Å²) in [4.78, 5) is 44.3. The number of methoxy groups -OCH3 is 1. The molecule has 222 valence electrons. The molecule has 0 amide bonds. The van der Waals surface area contributed by atoms with Crippen molar-refractivity contribution in [3.63, 3.8) is 0 Å². The Hall–Kier alpha value is -4.43. The van der Waals surface area contributed by atoms with Crippen LogP contribution in [-0.2, 0) is 29.1 Å². The Balaban J connectivity index is 0.000000232. The number of carboxylic acid groups (broad SMARTS) is 1. The van der Waals surface area contributed by atoms with Crippen molar-refractivity contribution in [1.29, 1.82) is 0 Å². The van der Waals surface area contributed by atoms with Crippen molar-refractivity contribution in [3.05, 3.63) is 50.6 Å². The van der Waals surface area contributed by atoms with E-state index in [1.54, 1.807) is 4.57 Å². The Kier molecular flexibility index (Phi) is 10.4. The van der Waals surface area contributed by atoms with Crippen LogP contribution in [0, 0.1) is 12.8 Å². The molecule has 0 unspecified atom stereocenters. The number of hydrogen-bond donors (Lipinski definition) is 6. The van der Waals surface area contributed by atoms with E-state index in [0.717, 1.165) is 11.1 Å². The normalized spacial score (nSPS) is 12.7. The molecule has 0 spiro atoms. The van der Waals surface area contributed by atoms with Gasteiger partial charge in [-0.1, -0.05) is 11.6 Å². The second kappa shape index (κ2) is 13.8. The fourth-order valence-corrected chi connectivity index (χ4v) is 4.41. The number of H-pyrrole nitrogens is 1. The number of rotatable bonds is 11. The zero-order valence-electron chi connectivity index (χ0n) is 23.1. The molecule has 0 saturated carbocycles. The number of aryl methyl sites for hydroxylation is 1. The first kappa shape index (κ1) is 31.1. The number of aromatic nitrogens is 4. The van der Waals surface area contributed by atoms with Gasteiger partial charge >= 0.3 is 11.9 Å². The summed E-state index contributed by atoms with van der Waals surface area (Å²) in [5.41, 5.74) is 8.78. The summed E-state index contributed by atoms with van der Waals surface area (Å²) in [5, 5.41) is 37.1. The number of aromatic hydroxyl groups is 1. The molecule has 14 nitrogen and oxygen atoms in total. The zero-order chi connectivity index (χ0) is 30.3. The molecule has 3 heterocycles. The third kappa shape index (κ3) is 7.21. The fourth-order valence-electron chi connectivity index (χ4n) is 4.41. The average molecular weight is 574 g/mol. The number of nitrogens with two attached hydrogens (primary N) is 1. The van der Waals surface area contributed by atoms with E-state index in [0.29, 0.717) is 48.3 Å². The predicted octanol–water partition coefficient (Wildman–Crippen LogP) is 1.43. The Bertz CT molecular complexity index is 1510. The van der Waals surface area contributed by atoms with E-state index in [2.05, 4.69) is 15.0 Å². The predicted molar refractivity (Wildman–Crippen MR) is 148 cm³/mol. The summed E-state index contributed by atoms with van der Waals surface area (Å²) < 4.78 is 12.1. The lowest BCUT2D eigenvalue weighted by atomic mass is 9.94. The van der Waals surface area contributed by atoms with Crippen molar-refractivity contribution < 1.29 is 39.5 Å². The molecular formula is C27H35N5O9. The number of aromatic amines is 1. The van der Waals surface area contributed by atoms with Gasteiger partial charge in [0.15, 0.2) is 11.2 Å². The number of benzene rings is 1. The lowest BCUT2D eigenvalue weighted by molar-refractivity contribution is -0.136. The molecule has 1 aliphatic rings. The quantitative estimate of drug-likeness (QED) is 0.142. The minimum absolute atomic E-state index is 0.0371. The number of nitrogens with zero attached hydrogens (tertiary/aromatic N) is 3. The number of carboxylic acids is 1. The van der Waals surface area contributed by atoms with Crippen molar-refractivity contribution in [2.24, 2.45) is 5.92 Å². The molecule has 14 heteroatoms. The fraction of sp³-hybridized carbons (Fsp3) is 0.444. The molecule has 4 rings (SSSR count). The lowest BCUT2D eigenvalue weighted by Crippen LogP contribution is -2.15. The van der Waals surface area contributed by atoms with Crippen LogP contribution in [0.4, 0.5) is 5.95 Å². The van der Waals surface area contributed by atoms with Crippen LogP contribution >= 0.6 is 0 Å². The number of carbonyl (C=O) groups is 2. The number of hydrogen-bond acceptors (Lipinski definition) is 11. The lowest BCUT2D eigenvalue weighted by Gasteiger charge is -2.15. The second-order valence-corrected chi connectivity index (χ2v) is 9.64. The van der Waals surface area contributed by atoms with E-state index >= 15 is 0 Å². The molecule has 0 atom stereocenters. The number of ether oxygens (including phenoxy) is 2. The first-order valence-corrected chi connectivity index (χ1v) is 12.9. The molecule has 0 radical (unpaired) electrons. The van der Waals surface area contributed by atoms with Crippen LogP contribution in [0.25, 0.3) is 11.2 Å². The Morgan fingerprint density at radius 1 is 1.29 bits per heavy atom. The van der Waals surface area contributed by atoms with Crippen LogP contribution in [0.3, 0.4) is 0 Å². The summed E-state index contributed by atoms with van der Waals surface area (Å²) >= 11 is 0. The maximum atomic E-state index is 11.8. The highest BCUT2D eigenvalue weighted by molar-refractivity contribution is 5.98. The van der Waals surface area contributed by atoms with Gasteiger partial charge in [0.1, 0.15) is 23.7 Å². The molecule has 0 saturated heterocycles. The molecule has 3 aromatic rings. The molecular weight excluding hydrogens is 538 g/mol. The number of aliphatic hydroxyl groups is 2. The number of aliphatic carboxylic acids is 1. The number of fused-ring (bicyclic) bond motifs is 2. The van der Waals surface area contributed by atoms with Crippen molar-refractivity contribution >= 4 is 29.1 Å². The van der Waals surface area contributed by atoms with Crippen LogP contribution in [0.5, 0.6) is 11.5 Å². The third-order valence-electron chi connectivity index (χ3n) is 6.82. The highest BCUT2D eigenvalue weighted by Gasteiger charge is 2.31. The third-order valence-corrected chi connectivity index (χ3v) is 6.82. The van der Waals surface area contributed by atoms with Gasteiger partial charge in [0.05, 0.1) is 13.4 Å². The number of nitrogens with one attached hydrogen (secondary N) is 1. The maximum Gasteiger partial charge on any atom is 0.342 e. The highest BCUT2D eigenvalue weighted by Crippen LogP contribution is 2.42. The number of aliphatic hydroxyl groups excluding tert-OH is 2. The Morgan fingerprint density at radius 2 is 2.00 bits per heavy atom. The van der Waals surface area contributed by atoms with Crippen LogP contribution in [0.2, 0.25) is 0 Å². The van der Waals surface area contributed by atoms with Gasteiger partial charge in [0.25, 0.3) is 5.56 Å². The number of anilines is 1. The summed E-state index contributed by atoms with van der Waals surface area (Å²) in [6.45, 7) is 4.12. The summed E-state index contributed by atoms with van der Waals surface area (Å²) in [6, 6.07) is 0.